The van der Waals surface area contributed by atoms with Gasteiger partial charge in [-0.25, -0.2) is 4.79 Å². The normalized spacial score (nSPS) is 32.2. The summed E-state index contributed by atoms with van der Waals surface area (Å²) >= 11 is 0. The van der Waals surface area contributed by atoms with Crippen LogP contribution in [0, 0.1) is 11.3 Å². The zero-order valence-corrected chi connectivity index (χ0v) is 9.82. The van der Waals surface area contributed by atoms with Gasteiger partial charge >= 0.3 is 12.1 Å². The van der Waals surface area contributed by atoms with Crippen LogP contribution in [-0.2, 0) is 9.53 Å². The second kappa shape index (κ2) is 3.12. The van der Waals surface area contributed by atoms with Gasteiger partial charge in [0, 0.05) is 13.1 Å². The molecule has 1 amide bonds. The number of hydrogen-bond acceptors (Lipinski definition) is 3. The Balaban J connectivity index is 1.96. The van der Waals surface area contributed by atoms with E-state index in [9.17, 15) is 9.59 Å². The number of carbonyl (C=O) groups excluding carboxylic acids is 1. The van der Waals surface area contributed by atoms with Gasteiger partial charge in [0.2, 0.25) is 0 Å². The van der Waals surface area contributed by atoms with Crippen molar-refractivity contribution in [2.45, 2.75) is 32.8 Å². The summed E-state index contributed by atoms with van der Waals surface area (Å²) in [4.78, 5) is 24.2. The van der Waals surface area contributed by atoms with Gasteiger partial charge in [-0.3, -0.25) is 4.79 Å². The molecule has 0 spiro atoms. The molecule has 2 fully saturated rings. The highest BCUT2D eigenvalue weighted by Crippen LogP contribution is 2.57. The van der Waals surface area contributed by atoms with E-state index in [1.807, 2.05) is 0 Å². The topological polar surface area (TPSA) is 66.8 Å². The smallest absolute Gasteiger partial charge is 0.410 e. The molecular weight excluding hydrogens is 210 g/mol. The highest BCUT2D eigenvalue weighted by atomic mass is 16.6. The van der Waals surface area contributed by atoms with Crippen LogP contribution in [0.25, 0.3) is 0 Å². The van der Waals surface area contributed by atoms with Crippen molar-refractivity contribution < 1.29 is 19.4 Å². The fourth-order valence-corrected chi connectivity index (χ4v) is 2.28. The molecule has 0 bridgehead atoms. The molecule has 1 N–H and O–H groups in total. The van der Waals surface area contributed by atoms with Gasteiger partial charge in [-0.05, 0) is 33.1 Å². The third-order valence-corrected chi connectivity index (χ3v) is 3.22. The average molecular weight is 227 g/mol. The Kier molecular flexibility index (Phi) is 2.19. The van der Waals surface area contributed by atoms with E-state index in [1.165, 1.54) is 4.90 Å². The van der Waals surface area contributed by atoms with Crippen LogP contribution in [0.2, 0.25) is 0 Å². The summed E-state index contributed by atoms with van der Waals surface area (Å²) in [6.45, 7) is 6.21. The third-order valence-electron chi connectivity index (χ3n) is 3.22. The van der Waals surface area contributed by atoms with Gasteiger partial charge in [0.05, 0.1) is 5.41 Å². The SMILES string of the molecule is CC(C)(C)OC(=O)N1C[C@@H]2C[C@@]2(C(=O)O)C1. The van der Waals surface area contributed by atoms with E-state index < -0.39 is 23.1 Å². The quantitative estimate of drug-likeness (QED) is 0.733. The summed E-state index contributed by atoms with van der Waals surface area (Å²) in [5, 5.41) is 9.07. The summed E-state index contributed by atoms with van der Waals surface area (Å²) in [5.41, 5.74) is -1.20. The maximum atomic E-state index is 11.7. The Labute approximate surface area is 94.4 Å². The minimum absolute atomic E-state index is 0.123. The maximum absolute atomic E-state index is 11.7. The lowest BCUT2D eigenvalue weighted by molar-refractivity contribution is -0.143. The van der Waals surface area contributed by atoms with Crippen LogP contribution >= 0.6 is 0 Å². The first-order valence-electron chi connectivity index (χ1n) is 5.46. The van der Waals surface area contributed by atoms with E-state index in [1.54, 1.807) is 20.8 Å². The molecule has 1 heterocycles. The van der Waals surface area contributed by atoms with Crippen molar-refractivity contribution in [1.29, 1.82) is 0 Å². The predicted molar refractivity (Wildman–Crippen MR) is 56.0 cm³/mol. The summed E-state index contributed by atoms with van der Waals surface area (Å²) < 4.78 is 5.21. The van der Waals surface area contributed by atoms with Crippen LogP contribution < -0.4 is 0 Å². The zero-order valence-electron chi connectivity index (χ0n) is 9.82. The van der Waals surface area contributed by atoms with Gasteiger partial charge in [-0.2, -0.15) is 0 Å². The molecule has 1 saturated carbocycles. The Morgan fingerprint density at radius 2 is 2.06 bits per heavy atom. The average Bonchev–Trinajstić information content (AvgIpc) is 2.67. The Hall–Kier alpha value is -1.26. The van der Waals surface area contributed by atoms with Crippen molar-refractivity contribution in [2.75, 3.05) is 13.1 Å². The van der Waals surface area contributed by atoms with E-state index in [0.717, 1.165) is 0 Å². The molecule has 0 aromatic heterocycles. The van der Waals surface area contributed by atoms with Crippen LogP contribution in [0.3, 0.4) is 0 Å². The monoisotopic (exact) mass is 227 g/mol. The zero-order chi connectivity index (χ0) is 12.1. The lowest BCUT2D eigenvalue weighted by Crippen LogP contribution is -2.38. The predicted octanol–water partition coefficient (Wildman–Crippen LogP) is 1.33. The van der Waals surface area contributed by atoms with Gasteiger partial charge in [0.25, 0.3) is 0 Å². The Bertz CT molecular complexity index is 346. The van der Waals surface area contributed by atoms with E-state index >= 15 is 0 Å². The number of likely N-dealkylation sites (tertiary alicyclic amines) is 1. The molecule has 2 aliphatic rings. The first-order valence-corrected chi connectivity index (χ1v) is 5.46. The number of aliphatic carboxylic acids is 1. The standard InChI is InChI=1S/C11H17NO4/c1-10(2,3)16-9(15)12-5-7-4-11(7,6-12)8(13)14/h7H,4-6H2,1-3H3,(H,13,14)/t7-,11+/m0/s1. The minimum atomic E-state index is -0.788. The van der Waals surface area contributed by atoms with Crippen molar-refractivity contribution in [3.05, 3.63) is 0 Å². The van der Waals surface area contributed by atoms with Crippen LogP contribution in [-0.4, -0.2) is 40.8 Å². The molecule has 2 atom stereocenters. The molecule has 0 aromatic carbocycles. The second-order valence-corrected chi connectivity index (χ2v) is 5.72. The number of ether oxygens (including phenoxy) is 1. The number of amides is 1. The van der Waals surface area contributed by atoms with Crippen LogP contribution in [0.5, 0.6) is 0 Å². The van der Waals surface area contributed by atoms with Crippen LogP contribution in [0.4, 0.5) is 4.79 Å². The number of fused-ring (bicyclic) bond motifs is 1. The molecule has 1 aliphatic carbocycles. The Morgan fingerprint density at radius 3 is 2.50 bits per heavy atom. The second-order valence-electron chi connectivity index (χ2n) is 5.72. The van der Waals surface area contributed by atoms with Crippen molar-refractivity contribution >= 4 is 12.1 Å². The third kappa shape index (κ3) is 1.74. The van der Waals surface area contributed by atoms with E-state index in [0.29, 0.717) is 19.5 Å². The largest absolute Gasteiger partial charge is 0.481 e. The molecule has 1 aliphatic heterocycles. The molecular formula is C11H17NO4. The van der Waals surface area contributed by atoms with Crippen LogP contribution in [0.15, 0.2) is 0 Å². The lowest BCUT2D eigenvalue weighted by Gasteiger charge is -2.25. The molecule has 90 valence electrons. The number of nitrogens with zero attached hydrogens (tertiary/aromatic N) is 1. The molecule has 5 nitrogen and oxygen atoms in total. The van der Waals surface area contributed by atoms with E-state index in [2.05, 4.69) is 0 Å². The summed E-state index contributed by atoms with van der Waals surface area (Å²) in [7, 11) is 0. The molecule has 0 unspecified atom stereocenters. The van der Waals surface area contributed by atoms with Crippen molar-refractivity contribution in [1.82, 2.24) is 4.90 Å². The lowest BCUT2D eigenvalue weighted by atomic mass is 10.1. The number of carboxylic acids is 1. The summed E-state index contributed by atoms with van der Waals surface area (Å²) in [6, 6.07) is 0. The van der Waals surface area contributed by atoms with Gasteiger partial charge in [-0.15, -0.1) is 0 Å². The number of rotatable bonds is 1. The number of carbonyl (C=O) groups is 2. The fourth-order valence-electron chi connectivity index (χ4n) is 2.28. The van der Waals surface area contributed by atoms with Crippen molar-refractivity contribution in [2.24, 2.45) is 11.3 Å². The van der Waals surface area contributed by atoms with Gasteiger partial charge in [-0.1, -0.05) is 0 Å². The highest BCUT2D eigenvalue weighted by Gasteiger charge is 2.66. The number of carboxylic acid groups (broad SMARTS) is 1. The van der Waals surface area contributed by atoms with Crippen molar-refractivity contribution in [3.63, 3.8) is 0 Å². The Morgan fingerprint density at radius 1 is 1.44 bits per heavy atom. The molecule has 0 radical (unpaired) electrons. The molecule has 2 rings (SSSR count). The van der Waals surface area contributed by atoms with Gasteiger partial charge in [0.1, 0.15) is 5.60 Å². The number of piperidine rings is 1. The fraction of sp³-hybridized carbons (Fsp3) is 0.818. The molecule has 0 aromatic rings. The first kappa shape index (κ1) is 11.2. The molecule has 16 heavy (non-hydrogen) atoms. The summed E-state index contributed by atoms with van der Waals surface area (Å²) in [5.74, 6) is -0.666. The van der Waals surface area contributed by atoms with Crippen LogP contribution in [0.1, 0.15) is 27.2 Å². The maximum Gasteiger partial charge on any atom is 0.410 e. The molecule has 1 saturated heterocycles. The highest BCUT2D eigenvalue weighted by molar-refractivity contribution is 5.82. The summed E-state index contributed by atoms with van der Waals surface area (Å²) in [6.07, 6.45) is 0.294. The number of hydrogen-bond donors (Lipinski definition) is 1. The van der Waals surface area contributed by atoms with Gasteiger partial charge < -0.3 is 14.7 Å². The molecule has 5 heteroatoms. The van der Waals surface area contributed by atoms with E-state index in [4.69, 9.17) is 9.84 Å². The minimum Gasteiger partial charge on any atom is -0.481 e. The van der Waals surface area contributed by atoms with E-state index in [-0.39, 0.29) is 5.92 Å². The van der Waals surface area contributed by atoms with Gasteiger partial charge in [0.15, 0.2) is 0 Å². The van der Waals surface area contributed by atoms with Crippen molar-refractivity contribution in [3.8, 4) is 0 Å². The first-order chi connectivity index (χ1) is 7.24.